The van der Waals surface area contributed by atoms with E-state index in [4.69, 9.17) is 5.26 Å². The summed E-state index contributed by atoms with van der Waals surface area (Å²) in [6, 6.07) is 9.28. The highest BCUT2D eigenvalue weighted by atomic mass is 16.2. The molecule has 0 saturated carbocycles. The minimum absolute atomic E-state index is 0.0742. The van der Waals surface area contributed by atoms with Gasteiger partial charge in [-0.1, -0.05) is 26.0 Å². The summed E-state index contributed by atoms with van der Waals surface area (Å²) < 4.78 is 0. The predicted octanol–water partition coefficient (Wildman–Crippen LogP) is 3.01. The van der Waals surface area contributed by atoms with E-state index < -0.39 is 0 Å². The van der Waals surface area contributed by atoms with Crippen molar-refractivity contribution >= 4 is 11.6 Å². The molecule has 1 amide bonds. The van der Waals surface area contributed by atoms with Crippen molar-refractivity contribution in [3.8, 4) is 6.07 Å². The molecule has 20 heavy (non-hydrogen) atoms. The average molecular weight is 273 g/mol. The summed E-state index contributed by atoms with van der Waals surface area (Å²) in [5, 5.41) is 11.9. The topological polar surface area (TPSA) is 56.1 Å². The van der Waals surface area contributed by atoms with Crippen molar-refractivity contribution in [2.45, 2.75) is 46.2 Å². The number of amides is 1. The van der Waals surface area contributed by atoms with Gasteiger partial charge in [-0.05, 0) is 38.9 Å². The van der Waals surface area contributed by atoms with Gasteiger partial charge in [0, 0.05) is 6.04 Å². The van der Waals surface area contributed by atoms with E-state index in [-0.39, 0.29) is 11.9 Å². The Morgan fingerprint density at radius 1 is 1.35 bits per heavy atom. The van der Waals surface area contributed by atoms with Crippen LogP contribution in [0.2, 0.25) is 0 Å². The molecule has 1 N–H and O–H groups in total. The van der Waals surface area contributed by atoms with E-state index in [1.54, 1.807) is 18.2 Å². The fourth-order valence-electron chi connectivity index (χ4n) is 2.28. The lowest BCUT2D eigenvalue weighted by atomic mass is 10.1. The molecule has 1 aromatic rings. The molecule has 0 heterocycles. The van der Waals surface area contributed by atoms with Gasteiger partial charge in [0.2, 0.25) is 5.91 Å². The maximum atomic E-state index is 12.3. The summed E-state index contributed by atoms with van der Waals surface area (Å²) in [7, 11) is 0. The Balaban J connectivity index is 2.82. The quantitative estimate of drug-likeness (QED) is 0.866. The van der Waals surface area contributed by atoms with E-state index in [1.165, 1.54) is 0 Å². The summed E-state index contributed by atoms with van der Waals surface area (Å²) in [6.45, 7) is 9.02. The number of hydrogen-bond donors (Lipinski definition) is 1. The smallest absolute Gasteiger partial charge is 0.241 e. The normalized spacial score (nSPS) is 13.6. The van der Waals surface area contributed by atoms with Gasteiger partial charge in [0.1, 0.15) is 6.07 Å². The molecule has 0 aliphatic rings. The number of anilines is 1. The van der Waals surface area contributed by atoms with Crippen molar-refractivity contribution in [2.75, 3.05) is 11.9 Å². The number of benzene rings is 1. The number of nitrogens with one attached hydrogen (secondary N) is 1. The molecule has 0 radical (unpaired) electrons. The van der Waals surface area contributed by atoms with Crippen LogP contribution in [0.5, 0.6) is 0 Å². The minimum atomic E-state index is -0.221. The average Bonchev–Trinajstić information content (AvgIpc) is 2.47. The Morgan fingerprint density at radius 3 is 2.55 bits per heavy atom. The van der Waals surface area contributed by atoms with E-state index in [1.807, 2.05) is 13.0 Å². The summed E-state index contributed by atoms with van der Waals surface area (Å²) in [4.78, 5) is 14.5. The number of carbonyl (C=O) groups excluding carboxylic acids is 1. The van der Waals surface area contributed by atoms with Crippen LogP contribution in [0.1, 0.15) is 39.7 Å². The number of nitriles is 1. The lowest BCUT2D eigenvalue weighted by molar-refractivity contribution is -0.121. The fourth-order valence-corrected chi connectivity index (χ4v) is 2.28. The number of carbonyl (C=O) groups is 1. The molecule has 0 aliphatic heterocycles. The van der Waals surface area contributed by atoms with Gasteiger partial charge in [0.25, 0.3) is 0 Å². The molecule has 4 nitrogen and oxygen atoms in total. The van der Waals surface area contributed by atoms with Gasteiger partial charge < -0.3 is 5.32 Å². The molecular formula is C16H23N3O. The van der Waals surface area contributed by atoms with Gasteiger partial charge in [-0.15, -0.1) is 0 Å². The molecule has 0 aliphatic carbocycles. The number of likely N-dealkylation sites (N-methyl/N-ethyl adjacent to an activating group) is 1. The minimum Gasteiger partial charge on any atom is -0.324 e. The number of rotatable bonds is 6. The summed E-state index contributed by atoms with van der Waals surface area (Å²) in [5.41, 5.74) is 1.06. The lowest BCUT2D eigenvalue weighted by Crippen LogP contribution is -2.46. The maximum absolute atomic E-state index is 12.3. The molecule has 0 fully saturated rings. The first-order valence-electron chi connectivity index (χ1n) is 7.10. The van der Waals surface area contributed by atoms with Gasteiger partial charge in [-0.3, -0.25) is 9.69 Å². The van der Waals surface area contributed by atoms with Crippen LogP contribution in [0.25, 0.3) is 0 Å². The van der Waals surface area contributed by atoms with Crippen LogP contribution in [0.3, 0.4) is 0 Å². The first-order chi connectivity index (χ1) is 9.54. The van der Waals surface area contributed by atoms with Gasteiger partial charge in [-0.2, -0.15) is 5.26 Å². The standard InChI is InChI=1S/C16H23N3O/c1-5-12(3)19(6-2)13(4)16(20)18-15-10-8-7-9-14(15)11-17/h7-10,12-13H,5-6H2,1-4H3,(H,18,20). The largest absolute Gasteiger partial charge is 0.324 e. The van der Waals surface area contributed by atoms with E-state index in [9.17, 15) is 4.79 Å². The van der Waals surface area contributed by atoms with Crippen LogP contribution in [0.15, 0.2) is 24.3 Å². The zero-order valence-corrected chi connectivity index (χ0v) is 12.7. The third-order valence-corrected chi connectivity index (χ3v) is 3.70. The molecule has 0 saturated heterocycles. The second kappa shape index (κ2) is 7.66. The van der Waals surface area contributed by atoms with E-state index >= 15 is 0 Å². The van der Waals surface area contributed by atoms with Crippen LogP contribution in [-0.2, 0) is 4.79 Å². The molecule has 4 heteroatoms. The first-order valence-corrected chi connectivity index (χ1v) is 7.10. The molecule has 0 aromatic heterocycles. The SMILES string of the molecule is CCC(C)N(CC)C(C)C(=O)Nc1ccccc1C#N. The van der Waals surface area contributed by atoms with Crippen molar-refractivity contribution in [1.82, 2.24) is 4.90 Å². The molecule has 2 unspecified atom stereocenters. The van der Waals surface area contributed by atoms with Gasteiger partial charge in [-0.25, -0.2) is 0 Å². The van der Waals surface area contributed by atoms with Crippen molar-refractivity contribution in [1.29, 1.82) is 5.26 Å². The molecular weight excluding hydrogens is 250 g/mol. The lowest BCUT2D eigenvalue weighted by Gasteiger charge is -2.32. The van der Waals surface area contributed by atoms with Gasteiger partial charge in [0.15, 0.2) is 0 Å². The Labute approximate surface area is 121 Å². The molecule has 0 spiro atoms. The Kier molecular flexibility index (Phi) is 6.20. The van der Waals surface area contributed by atoms with Gasteiger partial charge >= 0.3 is 0 Å². The highest BCUT2D eigenvalue weighted by Gasteiger charge is 2.23. The molecule has 1 rings (SSSR count). The monoisotopic (exact) mass is 273 g/mol. The van der Waals surface area contributed by atoms with Crippen molar-refractivity contribution < 1.29 is 4.79 Å². The zero-order valence-electron chi connectivity index (χ0n) is 12.7. The highest BCUT2D eigenvalue weighted by molar-refractivity contribution is 5.95. The fraction of sp³-hybridized carbons (Fsp3) is 0.500. The summed E-state index contributed by atoms with van der Waals surface area (Å²) in [6.07, 6.45) is 1.00. The molecule has 2 atom stereocenters. The first kappa shape index (κ1) is 16.2. The Bertz CT molecular complexity index is 493. The van der Waals surface area contributed by atoms with E-state index in [0.29, 0.717) is 17.3 Å². The third kappa shape index (κ3) is 3.82. The Hall–Kier alpha value is -1.86. The van der Waals surface area contributed by atoms with Crippen molar-refractivity contribution in [2.24, 2.45) is 0 Å². The maximum Gasteiger partial charge on any atom is 0.241 e. The highest BCUT2D eigenvalue weighted by Crippen LogP contribution is 2.16. The predicted molar refractivity (Wildman–Crippen MR) is 81.4 cm³/mol. The van der Waals surface area contributed by atoms with Crippen LogP contribution in [0.4, 0.5) is 5.69 Å². The number of para-hydroxylation sites is 1. The van der Waals surface area contributed by atoms with Crippen LogP contribution < -0.4 is 5.32 Å². The molecule has 0 bridgehead atoms. The summed E-state index contributed by atoms with van der Waals surface area (Å²) >= 11 is 0. The summed E-state index contributed by atoms with van der Waals surface area (Å²) in [5.74, 6) is -0.0742. The van der Waals surface area contributed by atoms with Crippen molar-refractivity contribution in [3.05, 3.63) is 29.8 Å². The Morgan fingerprint density at radius 2 is 2.00 bits per heavy atom. The third-order valence-electron chi connectivity index (χ3n) is 3.70. The zero-order chi connectivity index (χ0) is 15.1. The number of nitrogens with zero attached hydrogens (tertiary/aromatic N) is 2. The van der Waals surface area contributed by atoms with Crippen LogP contribution in [0, 0.1) is 11.3 Å². The second-order valence-corrected chi connectivity index (χ2v) is 4.91. The van der Waals surface area contributed by atoms with Crippen LogP contribution >= 0.6 is 0 Å². The van der Waals surface area contributed by atoms with Crippen molar-refractivity contribution in [3.63, 3.8) is 0 Å². The second-order valence-electron chi connectivity index (χ2n) is 4.91. The van der Waals surface area contributed by atoms with Crippen LogP contribution in [-0.4, -0.2) is 29.4 Å². The van der Waals surface area contributed by atoms with E-state index in [2.05, 4.69) is 37.1 Å². The van der Waals surface area contributed by atoms with E-state index in [0.717, 1.165) is 13.0 Å². The molecule has 1 aromatic carbocycles. The molecule has 108 valence electrons. The number of hydrogen-bond acceptors (Lipinski definition) is 3. The van der Waals surface area contributed by atoms with Gasteiger partial charge in [0.05, 0.1) is 17.3 Å².